The van der Waals surface area contributed by atoms with Crippen LogP contribution in [0, 0.1) is 5.92 Å². The fourth-order valence-corrected chi connectivity index (χ4v) is 2.33. The van der Waals surface area contributed by atoms with Crippen LogP contribution in [-0.2, 0) is 0 Å². The van der Waals surface area contributed by atoms with E-state index < -0.39 is 0 Å². The molecule has 4 nitrogen and oxygen atoms in total. The molecule has 19 heavy (non-hydrogen) atoms. The van der Waals surface area contributed by atoms with Crippen molar-refractivity contribution < 1.29 is 4.79 Å². The Morgan fingerprint density at radius 2 is 2.32 bits per heavy atom. The second-order valence-electron chi connectivity index (χ2n) is 5.08. The number of nitrogens with zero attached hydrogens (tertiary/aromatic N) is 1. The monoisotopic (exact) mass is 325 g/mol. The highest BCUT2D eigenvalue weighted by Crippen LogP contribution is 2.32. The van der Waals surface area contributed by atoms with Gasteiger partial charge in [-0.15, -0.1) is 0 Å². The second kappa shape index (κ2) is 6.37. The van der Waals surface area contributed by atoms with Crippen molar-refractivity contribution in [1.29, 1.82) is 0 Å². The molecular weight excluding hydrogens is 306 g/mol. The van der Waals surface area contributed by atoms with E-state index in [1.807, 2.05) is 6.07 Å². The van der Waals surface area contributed by atoms with Crippen molar-refractivity contribution in [3.8, 4) is 0 Å². The number of rotatable bonds is 6. The zero-order valence-corrected chi connectivity index (χ0v) is 13.0. The van der Waals surface area contributed by atoms with Crippen LogP contribution in [-0.4, -0.2) is 23.5 Å². The molecule has 5 heteroatoms. The Bertz CT molecular complexity index is 460. The van der Waals surface area contributed by atoms with E-state index in [4.69, 9.17) is 0 Å². The number of carbonyl (C=O) groups is 1. The lowest BCUT2D eigenvalue weighted by atomic mass is 10.2. The molecule has 1 aromatic rings. The summed E-state index contributed by atoms with van der Waals surface area (Å²) in [6.45, 7) is 4.97. The maximum Gasteiger partial charge on any atom is 0.255 e. The Morgan fingerprint density at radius 3 is 2.95 bits per heavy atom. The fourth-order valence-electron chi connectivity index (χ4n) is 2.00. The number of hydrogen-bond acceptors (Lipinski definition) is 3. The molecule has 0 aromatic carbocycles. The van der Waals surface area contributed by atoms with Crippen LogP contribution in [0.4, 0.5) is 5.82 Å². The summed E-state index contributed by atoms with van der Waals surface area (Å²) in [6, 6.07) is 2.06. The van der Waals surface area contributed by atoms with E-state index in [1.165, 1.54) is 12.8 Å². The Balaban J connectivity index is 2.10. The minimum atomic E-state index is -0.0493. The number of hydrogen-bond donors (Lipinski definition) is 2. The zero-order chi connectivity index (χ0) is 13.8. The molecule has 0 radical (unpaired) electrons. The normalized spacial score (nSPS) is 15.9. The summed E-state index contributed by atoms with van der Waals surface area (Å²) < 4.78 is 0.818. The molecule has 1 aliphatic rings. The van der Waals surface area contributed by atoms with Crippen molar-refractivity contribution >= 4 is 27.7 Å². The van der Waals surface area contributed by atoms with E-state index in [0.717, 1.165) is 17.4 Å². The molecule has 104 valence electrons. The molecule has 0 saturated heterocycles. The molecular formula is C14H20BrN3O. The third kappa shape index (κ3) is 3.93. The third-order valence-corrected chi connectivity index (χ3v) is 3.76. The van der Waals surface area contributed by atoms with Gasteiger partial charge in [0, 0.05) is 23.3 Å². The molecule has 1 saturated carbocycles. The average Bonchev–Trinajstić information content (AvgIpc) is 3.21. The standard InChI is InChI=1S/C14H20BrN3O/c1-3-6-16-13-12(7-11(15)8-17-13)14(19)18-9(2)10-4-5-10/h7-10H,3-6H2,1-2H3,(H,16,17)(H,18,19). The molecule has 1 fully saturated rings. The molecule has 1 heterocycles. The topological polar surface area (TPSA) is 54.0 Å². The number of carbonyl (C=O) groups excluding carboxylic acids is 1. The Kier molecular flexibility index (Phi) is 4.80. The highest BCUT2D eigenvalue weighted by molar-refractivity contribution is 9.10. The first kappa shape index (κ1) is 14.3. The van der Waals surface area contributed by atoms with E-state index in [9.17, 15) is 4.79 Å². The summed E-state index contributed by atoms with van der Waals surface area (Å²) in [5.41, 5.74) is 0.607. The summed E-state index contributed by atoms with van der Waals surface area (Å²) >= 11 is 3.37. The van der Waals surface area contributed by atoms with E-state index >= 15 is 0 Å². The smallest absolute Gasteiger partial charge is 0.255 e. The Hall–Kier alpha value is -1.10. The fraction of sp³-hybridized carbons (Fsp3) is 0.571. The predicted octanol–water partition coefficient (Wildman–Crippen LogP) is 3.19. The molecule has 0 aliphatic heterocycles. The Labute approximate surface area is 122 Å². The molecule has 1 unspecified atom stereocenters. The maximum atomic E-state index is 12.3. The molecule has 1 amide bonds. The second-order valence-corrected chi connectivity index (χ2v) is 5.99. The quantitative estimate of drug-likeness (QED) is 0.844. The highest BCUT2D eigenvalue weighted by Gasteiger charge is 2.29. The first-order valence-corrected chi connectivity index (χ1v) is 7.61. The van der Waals surface area contributed by atoms with Gasteiger partial charge in [0.2, 0.25) is 0 Å². The predicted molar refractivity (Wildman–Crippen MR) is 80.4 cm³/mol. The van der Waals surface area contributed by atoms with Crippen LogP contribution in [0.25, 0.3) is 0 Å². The lowest BCUT2D eigenvalue weighted by Crippen LogP contribution is -2.34. The van der Waals surface area contributed by atoms with Gasteiger partial charge in [-0.05, 0) is 54.1 Å². The van der Waals surface area contributed by atoms with Crippen molar-refractivity contribution in [3.05, 3.63) is 22.3 Å². The minimum Gasteiger partial charge on any atom is -0.369 e. The summed E-state index contributed by atoms with van der Waals surface area (Å²) in [4.78, 5) is 16.6. The number of halogens is 1. The van der Waals surface area contributed by atoms with Crippen LogP contribution in [0.2, 0.25) is 0 Å². The molecule has 0 spiro atoms. The van der Waals surface area contributed by atoms with E-state index in [2.05, 4.69) is 45.4 Å². The van der Waals surface area contributed by atoms with E-state index in [1.54, 1.807) is 6.20 Å². The third-order valence-electron chi connectivity index (χ3n) is 3.33. The van der Waals surface area contributed by atoms with Crippen molar-refractivity contribution in [2.24, 2.45) is 5.92 Å². The van der Waals surface area contributed by atoms with Crippen LogP contribution in [0.15, 0.2) is 16.7 Å². The highest BCUT2D eigenvalue weighted by atomic mass is 79.9. The van der Waals surface area contributed by atoms with Gasteiger partial charge in [0.1, 0.15) is 5.82 Å². The lowest BCUT2D eigenvalue weighted by Gasteiger charge is -2.15. The Morgan fingerprint density at radius 1 is 1.58 bits per heavy atom. The molecule has 2 N–H and O–H groups in total. The van der Waals surface area contributed by atoms with Gasteiger partial charge in [-0.3, -0.25) is 4.79 Å². The molecule has 1 aromatic heterocycles. The van der Waals surface area contributed by atoms with Crippen molar-refractivity contribution in [2.75, 3.05) is 11.9 Å². The average molecular weight is 326 g/mol. The van der Waals surface area contributed by atoms with Gasteiger partial charge in [0.15, 0.2) is 0 Å². The molecule has 1 atom stereocenters. The summed E-state index contributed by atoms with van der Waals surface area (Å²) in [6.07, 6.45) is 5.15. The van der Waals surface area contributed by atoms with Crippen LogP contribution < -0.4 is 10.6 Å². The minimum absolute atomic E-state index is 0.0493. The van der Waals surface area contributed by atoms with Crippen molar-refractivity contribution in [2.45, 2.75) is 39.2 Å². The SMILES string of the molecule is CCCNc1ncc(Br)cc1C(=O)NC(C)C1CC1. The van der Waals surface area contributed by atoms with Crippen molar-refractivity contribution in [1.82, 2.24) is 10.3 Å². The van der Waals surface area contributed by atoms with Gasteiger partial charge in [-0.1, -0.05) is 6.92 Å². The number of pyridine rings is 1. The molecule has 2 rings (SSSR count). The molecule has 0 bridgehead atoms. The number of anilines is 1. The van der Waals surface area contributed by atoms with Crippen LogP contribution in [0.3, 0.4) is 0 Å². The zero-order valence-electron chi connectivity index (χ0n) is 11.4. The largest absolute Gasteiger partial charge is 0.369 e. The van der Waals surface area contributed by atoms with Gasteiger partial charge >= 0.3 is 0 Å². The van der Waals surface area contributed by atoms with Crippen LogP contribution in [0.1, 0.15) is 43.5 Å². The van der Waals surface area contributed by atoms with Gasteiger partial charge in [-0.25, -0.2) is 4.98 Å². The first-order chi connectivity index (χ1) is 9.11. The maximum absolute atomic E-state index is 12.3. The van der Waals surface area contributed by atoms with Crippen LogP contribution >= 0.6 is 15.9 Å². The molecule has 1 aliphatic carbocycles. The van der Waals surface area contributed by atoms with Gasteiger partial charge in [0.05, 0.1) is 5.56 Å². The van der Waals surface area contributed by atoms with Gasteiger partial charge < -0.3 is 10.6 Å². The van der Waals surface area contributed by atoms with E-state index in [0.29, 0.717) is 17.3 Å². The number of aromatic nitrogens is 1. The summed E-state index contributed by atoms with van der Waals surface area (Å²) in [5.74, 6) is 1.26. The number of nitrogens with one attached hydrogen (secondary N) is 2. The number of amides is 1. The van der Waals surface area contributed by atoms with Gasteiger partial charge in [-0.2, -0.15) is 0 Å². The van der Waals surface area contributed by atoms with Crippen LogP contribution in [0.5, 0.6) is 0 Å². The van der Waals surface area contributed by atoms with Gasteiger partial charge in [0.25, 0.3) is 5.91 Å². The summed E-state index contributed by atoms with van der Waals surface area (Å²) in [5, 5.41) is 6.26. The summed E-state index contributed by atoms with van der Waals surface area (Å²) in [7, 11) is 0. The van der Waals surface area contributed by atoms with E-state index in [-0.39, 0.29) is 11.9 Å². The van der Waals surface area contributed by atoms with Crippen molar-refractivity contribution in [3.63, 3.8) is 0 Å². The lowest BCUT2D eigenvalue weighted by molar-refractivity contribution is 0.0936. The first-order valence-electron chi connectivity index (χ1n) is 6.82.